The summed E-state index contributed by atoms with van der Waals surface area (Å²) in [5, 5.41) is 11.6. The second kappa shape index (κ2) is 5.17. The second-order valence-electron chi connectivity index (χ2n) is 4.41. The Labute approximate surface area is 111 Å². The molecule has 2 rings (SSSR count). The standard InChI is InChI=1S/C13H16N2O4/c1-8-13(18)15(2)10-7-9(3-4-11(10)19-8)14-6-5-12(16)17/h3-4,7-8,14H,5-6H2,1-2H3,(H,16,17). The summed E-state index contributed by atoms with van der Waals surface area (Å²) in [4.78, 5) is 23.8. The van der Waals surface area contributed by atoms with Crippen molar-refractivity contribution < 1.29 is 19.4 Å². The summed E-state index contributed by atoms with van der Waals surface area (Å²) >= 11 is 0. The monoisotopic (exact) mass is 264 g/mol. The summed E-state index contributed by atoms with van der Waals surface area (Å²) < 4.78 is 5.50. The number of fused-ring (bicyclic) bond motifs is 1. The fourth-order valence-corrected chi connectivity index (χ4v) is 1.94. The first-order valence-corrected chi connectivity index (χ1v) is 6.03. The topological polar surface area (TPSA) is 78.9 Å². The normalized spacial score (nSPS) is 17.7. The van der Waals surface area contributed by atoms with E-state index in [1.165, 1.54) is 0 Å². The first-order valence-electron chi connectivity index (χ1n) is 6.03. The Kier molecular flexibility index (Phi) is 3.59. The van der Waals surface area contributed by atoms with E-state index in [-0.39, 0.29) is 12.3 Å². The minimum Gasteiger partial charge on any atom is -0.481 e. The van der Waals surface area contributed by atoms with E-state index in [1.807, 2.05) is 0 Å². The third kappa shape index (κ3) is 2.78. The fraction of sp³-hybridized carbons (Fsp3) is 0.385. The van der Waals surface area contributed by atoms with E-state index in [0.29, 0.717) is 18.0 Å². The summed E-state index contributed by atoms with van der Waals surface area (Å²) in [6, 6.07) is 5.36. The lowest BCUT2D eigenvalue weighted by Gasteiger charge is -2.30. The molecule has 0 spiro atoms. The van der Waals surface area contributed by atoms with Crippen molar-refractivity contribution in [2.45, 2.75) is 19.4 Å². The number of amides is 1. The molecule has 1 aliphatic rings. The van der Waals surface area contributed by atoms with Crippen LogP contribution in [0.3, 0.4) is 0 Å². The summed E-state index contributed by atoms with van der Waals surface area (Å²) in [6.45, 7) is 2.05. The highest BCUT2D eigenvalue weighted by Gasteiger charge is 2.28. The third-order valence-electron chi connectivity index (χ3n) is 2.97. The number of hydrogen-bond donors (Lipinski definition) is 2. The molecule has 6 nitrogen and oxygen atoms in total. The van der Waals surface area contributed by atoms with Gasteiger partial charge in [0.1, 0.15) is 5.75 Å². The van der Waals surface area contributed by atoms with Gasteiger partial charge in [-0.05, 0) is 25.1 Å². The van der Waals surface area contributed by atoms with Crippen LogP contribution in [0, 0.1) is 0 Å². The Morgan fingerprint density at radius 1 is 1.53 bits per heavy atom. The molecule has 0 fully saturated rings. The summed E-state index contributed by atoms with van der Waals surface area (Å²) in [5.74, 6) is -0.302. The maximum atomic E-state index is 11.8. The minimum atomic E-state index is -0.852. The molecule has 0 saturated carbocycles. The van der Waals surface area contributed by atoms with Crippen molar-refractivity contribution in [3.05, 3.63) is 18.2 Å². The SMILES string of the molecule is CC1Oc2ccc(NCCC(=O)O)cc2N(C)C1=O. The number of likely N-dealkylation sites (N-methyl/N-ethyl adjacent to an activating group) is 1. The Morgan fingerprint density at radius 3 is 2.95 bits per heavy atom. The van der Waals surface area contributed by atoms with E-state index in [4.69, 9.17) is 9.84 Å². The summed E-state index contributed by atoms with van der Waals surface area (Å²) in [6.07, 6.45) is -0.442. The van der Waals surface area contributed by atoms with Crippen LogP contribution in [0.4, 0.5) is 11.4 Å². The van der Waals surface area contributed by atoms with Crippen molar-refractivity contribution in [1.29, 1.82) is 0 Å². The molecular weight excluding hydrogens is 248 g/mol. The number of anilines is 2. The number of ether oxygens (including phenoxy) is 1. The highest BCUT2D eigenvalue weighted by molar-refractivity contribution is 5.99. The summed E-state index contributed by atoms with van der Waals surface area (Å²) in [7, 11) is 1.70. The van der Waals surface area contributed by atoms with E-state index in [2.05, 4.69) is 5.32 Å². The Balaban J connectivity index is 2.14. The van der Waals surface area contributed by atoms with Crippen molar-refractivity contribution in [1.82, 2.24) is 0 Å². The van der Waals surface area contributed by atoms with E-state index in [9.17, 15) is 9.59 Å². The molecule has 0 saturated heterocycles. The van der Waals surface area contributed by atoms with Crippen molar-refractivity contribution in [2.24, 2.45) is 0 Å². The number of nitrogens with one attached hydrogen (secondary N) is 1. The molecule has 0 bridgehead atoms. The molecule has 19 heavy (non-hydrogen) atoms. The number of nitrogens with zero attached hydrogens (tertiary/aromatic N) is 1. The first-order chi connectivity index (χ1) is 8.99. The van der Waals surface area contributed by atoms with Gasteiger partial charge in [0.25, 0.3) is 5.91 Å². The van der Waals surface area contributed by atoms with Gasteiger partial charge >= 0.3 is 5.97 Å². The van der Waals surface area contributed by atoms with E-state index in [1.54, 1.807) is 37.1 Å². The Morgan fingerprint density at radius 2 is 2.26 bits per heavy atom. The van der Waals surface area contributed by atoms with E-state index >= 15 is 0 Å². The van der Waals surface area contributed by atoms with Crippen LogP contribution in [0.1, 0.15) is 13.3 Å². The lowest BCUT2D eigenvalue weighted by Crippen LogP contribution is -2.41. The predicted octanol–water partition coefficient (Wildman–Crippen LogP) is 1.32. The zero-order valence-corrected chi connectivity index (χ0v) is 10.8. The van der Waals surface area contributed by atoms with Crippen LogP contribution in [0.25, 0.3) is 0 Å². The molecule has 1 heterocycles. The van der Waals surface area contributed by atoms with Crippen LogP contribution in [-0.2, 0) is 9.59 Å². The van der Waals surface area contributed by atoms with E-state index < -0.39 is 12.1 Å². The van der Waals surface area contributed by atoms with Gasteiger partial charge in [0.2, 0.25) is 0 Å². The van der Waals surface area contributed by atoms with Gasteiger partial charge in [0.15, 0.2) is 6.10 Å². The van der Waals surface area contributed by atoms with Crippen LogP contribution in [0.2, 0.25) is 0 Å². The van der Waals surface area contributed by atoms with Crippen LogP contribution >= 0.6 is 0 Å². The number of rotatable bonds is 4. The molecule has 0 radical (unpaired) electrons. The van der Waals surface area contributed by atoms with Gasteiger partial charge in [-0.2, -0.15) is 0 Å². The van der Waals surface area contributed by atoms with Gasteiger partial charge < -0.3 is 20.1 Å². The van der Waals surface area contributed by atoms with Crippen LogP contribution in [-0.4, -0.2) is 36.7 Å². The number of benzene rings is 1. The van der Waals surface area contributed by atoms with Gasteiger partial charge in [0, 0.05) is 19.3 Å². The highest BCUT2D eigenvalue weighted by atomic mass is 16.5. The fourth-order valence-electron chi connectivity index (χ4n) is 1.94. The molecule has 1 atom stereocenters. The van der Waals surface area contributed by atoms with Crippen LogP contribution in [0.15, 0.2) is 18.2 Å². The summed E-state index contributed by atoms with van der Waals surface area (Å²) in [5.41, 5.74) is 1.45. The zero-order chi connectivity index (χ0) is 14.0. The van der Waals surface area contributed by atoms with Gasteiger partial charge in [-0.25, -0.2) is 0 Å². The van der Waals surface area contributed by atoms with E-state index in [0.717, 1.165) is 5.69 Å². The molecule has 102 valence electrons. The number of carbonyl (C=O) groups is 2. The molecule has 1 aromatic carbocycles. The number of carboxylic acid groups (broad SMARTS) is 1. The van der Waals surface area contributed by atoms with Gasteiger partial charge in [-0.15, -0.1) is 0 Å². The van der Waals surface area contributed by atoms with Crippen molar-refractivity contribution >= 4 is 23.3 Å². The largest absolute Gasteiger partial charge is 0.481 e. The molecule has 1 aromatic rings. The molecule has 2 N–H and O–H groups in total. The van der Waals surface area contributed by atoms with Crippen molar-refractivity contribution in [3.8, 4) is 5.75 Å². The first kappa shape index (κ1) is 13.2. The Hall–Kier alpha value is -2.24. The van der Waals surface area contributed by atoms with Gasteiger partial charge in [-0.3, -0.25) is 9.59 Å². The van der Waals surface area contributed by atoms with Crippen LogP contribution in [0.5, 0.6) is 5.75 Å². The number of aliphatic carboxylic acids is 1. The molecule has 6 heteroatoms. The highest BCUT2D eigenvalue weighted by Crippen LogP contribution is 2.35. The number of carbonyl (C=O) groups excluding carboxylic acids is 1. The lowest BCUT2D eigenvalue weighted by molar-refractivity contribution is -0.136. The Bertz CT molecular complexity index is 515. The minimum absolute atomic E-state index is 0.0411. The second-order valence-corrected chi connectivity index (χ2v) is 4.41. The average Bonchev–Trinajstić information content (AvgIpc) is 2.36. The van der Waals surface area contributed by atoms with Gasteiger partial charge in [0.05, 0.1) is 12.1 Å². The molecule has 0 aliphatic carbocycles. The quantitative estimate of drug-likeness (QED) is 0.857. The lowest BCUT2D eigenvalue weighted by atomic mass is 10.2. The van der Waals surface area contributed by atoms with Crippen LogP contribution < -0.4 is 15.0 Å². The zero-order valence-electron chi connectivity index (χ0n) is 10.8. The predicted molar refractivity (Wildman–Crippen MR) is 70.7 cm³/mol. The maximum absolute atomic E-state index is 11.8. The van der Waals surface area contributed by atoms with Crippen molar-refractivity contribution in [3.63, 3.8) is 0 Å². The molecule has 1 unspecified atom stereocenters. The van der Waals surface area contributed by atoms with Crippen molar-refractivity contribution in [2.75, 3.05) is 23.8 Å². The number of carboxylic acids is 1. The molecule has 1 amide bonds. The smallest absolute Gasteiger partial charge is 0.305 e. The average molecular weight is 264 g/mol. The third-order valence-corrected chi connectivity index (χ3v) is 2.97. The molecule has 1 aliphatic heterocycles. The number of hydrogen-bond acceptors (Lipinski definition) is 4. The molecule has 0 aromatic heterocycles. The molecular formula is C13H16N2O4. The maximum Gasteiger partial charge on any atom is 0.305 e. The van der Waals surface area contributed by atoms with Gasteiger partial charge in [-0.1, -0.05) is 0 Å².